The summed E-state index contributed by atoms with van der Waals surface area (Å²) < 4.78 is 15.7. The second-order valence-electron chi connectivity index (χ2n) is 8.19. The molecule has 138 valence electrons. The monoisotopic (exact) mass is 360 g/mol. The molecular formula is C24H25FN2. The number of benzene rings is 2. The molecule has 2 unspecified atom stereocenters. The van der Waals surface area contributed by atoms with Crippen LogP contribution in [-0.4, -0.2) is 22.6 Å². The maximum atomic E-state index is 13.3. The molecule has 1 aromatic heterocycles. The summed E-state index contributed by atoms with van der Waals surface area (Å²) in [4.78, 5) is 2.56. The minimum Gasteiger partial charge on any atom is -0.318 e. The van der Waals surface area contributed by atoms with Gasteiger partial charge in [0, 0.05) is 23.3 Å². The molecular weight excluding hydrogens is 335 g/mol. The molecule has 0 spiro atoms. The summed E-state index contributed by atoms with van der Waals surface area (Å²) in [6, 6.07) is 14.8. The molecule has 5 rings (SSSR count). The molecule has 3 heteroatoms. The quantitative estimate of drug-likeness (QED) is 0.561. The number of nitrogens with zero attached hydrogens (tertiary/aromatic N) is 2. The SMILES string of the molecule is C/C(=C\n1c2c(c3cc(C)ccc31)CC1CCC2N1C)c1ccc(F)cc1. The molecule has 3 heterocycles. The molecule has 1 saturated heterocycles. The topological polar surface area (TPSA) is 8.17 Å². The van der Waals surface area contributed by atoms with Gasteiger partial charge in [0.15, 0.2) is 0 Å². The molecule has 2 atom stereocenters. The first kappa shape index (κ1) is 16.8. The van der Waals surface area contributed by atoms with Crippen LogP contribution in [0.3, 0.4) is 0 Å². The molecule has 2 nitrogen and oxygen atoms in total. The Morgan fingerprint density at radius 2 is 1.89 bits per heavy atom. The van der Waals surface area contributed by atoms with Crippen LogP contribution < -0.4 is 0 Å². The third-order valence-electron chi connectivity index (χ3n) is 6.52. The van der Waals surface area contributed by atoms with E-state index in [0.717, 1.165) is 17.6 Å². The Morgan fingerprint density at radius 1 is 1.11 bits per heavy atom. The largest absolute Gasteiger partial charge is 0.318 e. The zero-order chi connectivity index (χ0) is 18.7. The first-order chi connectivity index (χ1) is 13.0. The maximum absolute atomic E-state index is 13.3. The van der Waals surface area contributed by atoms with Crippen LogP contribution in [0.4, 0.5) is 4.39 Å². The molecule has 3 aromatic rings. The summed E-state index contributed by atoms with van der Waals surface area (Å²) in [5, 5.41) is 1.40. The number of rotatable bonds is 2. The summed E-state index contributed by atoms with van der Waals surface area (Å²) in [6.45, 7) is 4.29. The van der Waals surface area contributed by atoms with Crippen LogP contribution in [0.15, 0.2) is 42.5 Å². The summed E-state index contributed by atoms with van der Waals surface area (Å²) in [5.74, 6) is -0.190. The Kier molecular flexibility index (Phi) is 3.76. The minimum absolute atomic E-state index is 0.190. The molecule has 2 aliphatic heterocycles. The Bertz CT molecular complexity index is 1060. The van der Waals surface area contributed by atoms with Crippen LogP contribution in [-0.2, 0) is 6.42 Å². The fourth-order valence-corrected chi connectivity index (χ4v) is 5.03. The number of halogens is 1. The highest BCUT2D eigenvalue weighted by Gasteiger charge is 2.40. The van der Waals surface area contributed by atoms with Gasteiger partial charge in [0.1, 0.15) is 5.82 Å². The average Bonchev–Trinajstić information content (AvgIpc) is 3.06. The van der Waals surface area contributed by atoms with E-state index in [4.69, 9.17) is 0 Å². The fraction of sp³-hybridized carbons (Fsp3) is 0.333. The summed E-state index contributed by atoms with van der Waals surface area (Å²) in [7, 11) is 2.27. The highest BCUT2D eigenvalue weighted by Crippen LogP contribution is 2.46. The molecule has 2 aliphatic rings. The first-order valence-electron chi connectivity index (χ1n) is 9.82. The maximum Gasteiger partial charge on any atom is 0.123 e. The van der Waals surface area contributed by atoms with Gasteiger partial charge in [-0.2, -0.15) is 0 Å². The van der Waals surface area contributed by atoms with Crippen LogP contribution in [0.25, 0.3) is 22.7 Å². The van der Waals surface area contributed by atoms with Gasteiger partial charge in [-0.15, -0.1) is 0 Å². The van der Waals surface area contributed by atoms with Gasteiger partial charge < -0.3 is 4.57 Å². The standard InChI is InChI=1S/C24H25FN2/c1-15-4-10-22-20(12-15)21-13-19-9-11-23(26(19)3)24(21)27(22)14-16(2)17-5-7-18(25)8-6-17/h4-8,10,12,14,19,23H,9,11,13H2,1-3H3/b16-14+. The third-order valence-corrected chi connectivity index (χ3v) is 6.52. The zero-order valence-corrected chi connectivity index (χ0v) is 16.2. The highest BCUT2D eigenvalue weighted by molar-refractivity contribution is 5.91. The molecule has 0 amide bonds. The summed E-state index contributed by atoms with van der Waals surface area (Å²) in [6.07, 6.45) is 5.89. The van der Waals surface area contributed by atoms with Crippen molar-refractivity contribution in [2.24, 2.45) is 0 Å². The molecule has 0 aliphatic carbocycles. The number of aromatic nitrogens is 1. The predicted molar refractivity (Wildman–Crippen MR) is 110 cm³/mol. The van der Waals surface area contributed by atoms with Gasteiger partial charge in [0.2, 0.25) is 0 Å². The lowest BCUT2D eigenvalue weighted by molar-refractivity contribution is 0.220. The van der Waals surface area contributed by atoms with E-state index in [2.05, 4.69) is 54.8 Å². The first-order valence-corrected chi connectivity index (χ1v) is 9.82. The Labute approximate surface area is 159 Å². The Balaban J connectivity index is 1.73. The van der Waals surface area contributed by atoms with Crippen molar-refractivity contribution in [3.63, 3.8) is 0 Å². The fourth-order valence-electron chi connectivity index (χ4n) is 5.03. The van der Waals surface area contributed by atoms with Crippen LogP contribution in [0, 0.1) is 12.7 Å². The number of hydrogen-bond acceptors (Lipinski definition) is 1. The van der Waals surface area contributed by atoms with Crippen molar-refractivity contribution < 1.29 is 4.39 Å². The Morgan fingerprint density at radius 3 is 2.67 bits per heavy atom. The Hall–Kier alpha value is -2.39. The molecule has 0 N–H and O–H groups in total. The number of hydrogen-bond donors (Lipinski definition) is 0. The van der Waals surface area contributed by atoms with Crippen molar-refractivity contribution >= 4 is 22.7 Å². The third kappa shape index (κ3) is 2.56. The van der Waals surface area contributed by atoms with E-state index in [9.17, 15) is 4.39 Å². The lowest BCUT2D eigenvalue weighted by atomic mass is 9.97. The second-order valence-corrected chi connectivity index (χ2v) is 8.19. The molecule has 0 radical (unpaired) electrons. The van der Waals surface area contributed by atoms with E-state index in [0.29, 0.717) is 12.1 Å². The van der Waals surface area contributed by atoms with Gasteiger partial charge in [0.05, 0.1) is 11.6 Å². The summed E-state index contributed by atoms with van der Waals surface area (Å²) in [5.41, 5.74) is 7.79. The number of allylic oxidation sites excluding steroid dienone is 1. The normalized spacial score (nSPS) is 22.4. The van der Waals surface area contributed by atoms with Crippen molar-refractivity contribution in [2.75, 3.05) is 7.05 Å². The number of aryl methyl sites for hydroxylation is 1. The van der Waals surface area contributed by atoms with E-state index in [1.807, 2.05) is 12.1 Å². The van der Waals surface area contributed by atoms with Crippen molar-refractivity contribution in [3.8, 4) is 0 Å². The van der Waals surface area contributed by atoms with Gasteiger partial charge in [-0.1, -0.05) is 23.8 Å². The van der Waals surface area contributed by atoms with Crippen molar-refractivity contribution in [1.29, 1.82) is 0 Å². The van der Waals surface area contributed by atoms with Gasteiger partial charge in [-0.25, -0.2) is 4.39 Å². The highest BCUT2D eigenvalue weighted by atomic mass is 19.1. The summed E-state index contributed by atoms with van der Waals surface area (Å²) >= 11 is 0. The van der Waals surface area contributed by atoms with Crippen molar-refractivity contribution in [2.45, 2.75) is 45.2 Å². The molecule has 2 bridgehead atoms. The lowest BCUT2D eigenvalue weighted by Gasteiger charge is -2.32. The zero-order valence-electron chi connectivity index (χ0n) is 16.2. The molecule has 27 heavy (non-hydrogen) atoms. The predicted octanol–water partition coefficient (Wildman–Crippen LogP) is 5.80. The molecule has 2 aromatic carbocycles. The van der Waals surface area contributed by atoms with Gasteiger partial charge in [-0.3, -0.25) is 4.90 Å². The smallest absolute Gasteiger partial charge is 0.123 e. The lowest BCUT2D eigenvalue weighted by Crippen LogP contribution is -2.34. The molecule has 0 saturated carbocycles. The van der Waals surface area contributed by atoms with Crippen LogP contribution in [0.5, 0.6) is 0 Å². The van der Waals surface area contributed by atoms with Crippen LogP contribution in [0.1, 0.15) is 48.2 Å². The molecule has 1 fully saturated rings. The second kappa shape index (κ2) is 6.07. The van der Waals surface area contributed by atoms with E-state index >= 15 is 0 Å². The van der Waals surface area contributed by atoms with Gasteiger partial charge >= 0.3 is 0 Å². The number of likely N-dealkylation sites (N-methyl/N-ethyl adjacent to an activating group) is 1. The van der Waals surface area contributed by atoms with Crippen molar-refractivity contribution in [1.82, 2.24) is 9.47 Å². The van der Waals surface area contributed by atoms with E-state index < -0.39 is 0 Å². The average molecular weight is 360 g/mol. The van der Waals surface area contributed by atoms with E-state index in [-0.39, 0.29) is 5.82 Å². The van der Waals surface area contributed by atoms with Crippen molar-refractivity contribution in [3.05, 3.63) is 70.7 Å². The van der Waals surface area contributed by atoms with Gasteiger partial charge in [-0.05, 0) is 81.1 Å². The van der Waals surface area contributed by atoms with E-state index in [1.165, 1.54) is 52.7 Å². The minimum atomic E-state index is -0.190. The van der Waals surface area contributed by atoms with Crippen LogP contribution >= 0.6 is 0 Å². The number of fused-ring (bicyclic) bond motifs is 6. The van der Waals surface area contributed by atoms with E-state index in [1.54, 1.807) is 0 Å². The van der Waals surface area contributed by atoms with Gasteiger partial charge in [0.25, 0.3) is 0 Å². The van der Waals surface area contributed by atoms with Crippen LogP contribution in [0.2, 0.25) is 0 Å².